The Morgan fingerprint density at radius 1 is 1.16 bits per heavy atom. The predicted octanol–water partition coefficient (Wildman–Crippen LogP) is 1.72. The van der Waals surface area contributed by atoms with Crippen LogP contribution in [0.5, 0.6) is 0 Å². The van der Waals surface area contributed by atoms with Gasteiger partial charge in [0.25, 0.3) is 0 Å². The van der Waals surface area contributed by atoms with Crippen LogP contribution in [0.1, 0.15) is 23.2 Å². The van der Waals surface area contributed by atoms with Gasteiger partial charge in [0, 0.05) is 45.4 Å². The first-order chi connectivity index (χ1) is 12.2. The molecule has 6 nitrogen and oxygen atoms in total. The third-order valence-corrected chi connectivity index (χ3v) is 5.01. The lowest BCUT2D eigenvalue weighted by Crippen LogP contribution is -2.33. The Balaban J connectivity index is 1.63. The monoisotopic (exact) mass is 339 g/mol. The van der Waals surface area contributed by atoms with Crippen LogP contribution in [0, 0.1) is 0 Å². The van der Waals surface area contributed by atoms with Gasteiger partial charge in [0.2, 0.25) is 5.95 Å². The molecular formula is C19H25N5O. The van der Waals surface area contributed by atoms with E-state index in [4.69, 9.17) is 20.4 Å². The van der Waals surface area contributed by atoms with E-state index in [0.29, 0.717) is 6.61 Å². The number of ether oxygens (including phenoxy) is 1. The summed E-state index contributed by atoms with van der Waals surface area (Å²) in [6, 6.07) is 10.9. The Morgan fingerprint density at radius 2 is 2.00 bits per heavy atom. The topological polar surface area (TPSA) is 67.5 Å². The second-order valence-electron chi connectivity index (χ2n) is 6.89. The van der Waals surface area contributed by atoms with Crippen molar-refractivity contribution in [3.63, 3.8) is 0 Å². The van der Waals surface area contributed by atoms with Crippen LogP contribution in [-0.4, -0.2) is 42.8 Å². The maximum Gasteiger partial charge on any atom is 0.227 e. The van der Waals surface area contributed by atoms with E-state index in [-0.39, 0.29) is 6.04 Å². The molecule has 4 rings (SSSR count). The molecule has 2 aliphatic rings. The van der Waals surface area contributed by atoms with Crippen molar-refractivity contribution < 1.29 is 4.74 Å². The molecule has 2 N–H and O–H groups in total. The number of nitrogens with two attached hydrogens (primary N) is 1. The van der Waals surface area contributed by atoms with Gasteiger partial charge >= 0.3 is 0 Å². The maximum absolute atomic E-state index is 6.07. The molecule has 0 saturated carbocycles. The summed E-state index contributed by atoms with van der Waals surface area (Å²) in [6.45, 7) is 4.09. The lowest BCUT2D eigenvalue weighted by Gasteiger charge is -2.30. The number of rotatable bonds is 4. The van der Waals surface area contributed by atoms with E-state index >= 15 is 0 Å². The first-order valence-electron chi connectivity index (χ1n) is 8.92. The molecule has 6 heteroatoms. The highest BCUT2D eigenvalue weighted by atomic mass is 16.5. The van der Waals surface area contributed by atoms with Crippen molar-refractivity contribution in [1.29, 1.82) is 0 Å². The van der Waals surface area contributed by atoms with Crippen LogP contribution in [-0.2, 0) is 24.3 Å². The van der Waals surface area contributed by atoms with Crippen molar-refractivity contribution >= 4 is 11.8 Å². The molecule has 0 aliphatic carbocycles. The lowest BCUT2D eigenvalue weighted by molar-refractivity contribution is 0.181. The van der Waals surface area contributed by atoms with Crippen LogP contribution in [0.3, 0.4) is 0 Å². The Hall–Kier alpha value is -2.18. The second kappa shape index (κ2) is 6.98. The third-order valence-electron chi connectivity index (χ3n) is 5.01. The number of methoxy groups -OCH3 is 1. The van der Waals surface area contributed by atoms with E-state index in [1.54, 1.807) is 7.11 Å². The Bertz CT molecular complexity index is 750. The highest BCUT2D eigenvalue weighted by Gasteiger charge is 2.24. The standard InChI is InChI=1S/C19H25N5O/c1-25-13-17-10-18(23-9-7-16(20)12-23)22-19(21-17)24-8-6-14-4-2-3-5-15(14)11-24/h2-5,10,16H,6-9,11-13,20H2,1H3. The zero-order valence-corrected chi connectivity index (χ0v) is 14.7. The molecule has 2 aromatic rings. The molecule has 1 aromatic heterocycles. The van der Waals surface area contributed by atoms with E-state index in [9.17, 15) is 0 Å². The summed E-state index contributed by atoms with van der Waals surface area (Å²) >= 11 is 0. The van der Waals surface area contributed by atoms with Crippen molar-refractivity contribution in [3.05, 3.63) is 47.2 Å². The number of hydrogen-bond donors (Lipinski definition) is 1. The Labute approximate surface area is 148 Å². The molecule has 3 heterocycles. The van der Waals surface area contributed by atoms with Gasteiger partial charge < -0.3 is 20.3 Å². The average Bonchev–Trinajstić information content (AvgIpc) is 3.08. The number of hydrogen-bond acceptors (Lipinski definition) is 6. The van der Waals surface area contributed by atoms with Crippen LogP contribution < -0.4 is 15.5 Å². The van der Waals surface area contributed by atoms with E-state index in [0.717, 1.165) is 56.5 Å². The molecule has 0 spiro atoms. The maximum atomic E-state index is 6.07. The van der Waals surface area contributed by atoms with Crippen LogP contribution in [0.15, 0.2) is 30.3 Å². The minimum absolute atomic E-state index is 0.228. The quantitative estimate of drug-likeness (QED) is 0.915. The van der Waals surface area contributed by atoms with Gasteiger partial charge in [0.1, 0.15) is 5.82 Å². The van der Waals surface area contributed by atoms with Gasteiger partial charge in [-0.1, -0.05) is 24.3 Å². The molecule has 1 atom stereocenters. The summed E-state index contributed by atoms with van der Waals surface area (Å²) in [5.74, 6) is 1.75. The molecule has 2 aliphatic heterocycles. The summed E-state index contributed by atoms with van der Waals surface area (Å²) < 4.78 is 5.31. The summed E-state index contributed by atoms with van der Waals surface area (Å²) in [5.41, 5.74) is 9.78. The van der Waals surface area contributed by atoms with Gasteiger partial charge in [-0.2, -0.15) is 4.98 Å². The van der Waals surface area contributed by atoms with Crippen LogP contribution >= 0.6 is 0 Å². The minimum atomic E-state index is 0.228. The van der Waals surface area contributed by atoms with Gasteiger partial charge in [0.15, 0.2) is 0 Å². The van der Waals surface area contributed by atoms with Gasteiger partial charge in [-0.25, -0.2) is 4.98 Å². The normalized spacial score (nSPS) is 20.0. The van der Waals surface area contributed by atoms with Gasteiger partial charge in [-0.3, -0.25) is 0 Å². The summed E-state index contributed by atoms with van der Waals surface area (Å²) in [6.07, 6.45) is 2.04. The van der Waals surface area contributed by atoms with Crippen LogP contribution in [0.4, 0.5) is 11.8 Å². The number of benzene rings is 1. The summed E-state index contributed by atoms with van der Waals surface area (Å²) in [7, 11) is 1.70. The van der Waals surface area contributed by atoms with Crippen molar-refractivity contribution in [1.82, 2.24) is 9.97 Å². The summed E-state index contributed by atoms with van der Waals surface area (Å²) in [5, 5.41) is 0. The van der Waals surface area contributed by atoms with Crippen molar-refractivity contribution in [3.8, 4) is 0 Å². The number of anilines is 2. The fourth-order valence-electron chi connectivity index (χ4n) is 3.66. The van der Waals surface area contributed by atoms with E-state index < -0.39 is 0 Å². The highest BCUT2D eigenvalue weighted by Crippen LogP contribution is 2.26. The molecule has 1 unspecified atom stereocenters. The largest absolute Gasteiger partial charge is 0.378 e. The molecular weight excluding hydrogens is 314 g/mol. The zero-order chi connectivity index (χ0) is 17.2. The first-order valence-corrected chi connectivity index (χ1v) is 8.92. The third kappa shape index (κ3) is 3.45. The molecule has 1 saturated heterocycles. The average molecular weight is 339 g/mol. The molecule has 1 aromatic carbocycles. The lowest BCUT2D eigenvalue weighted by atomic mass is 10.0. The van der Waals surface area contributed by atoms with E-state index in [1.165, 1.54) is 11.1 Å². The molecule has 0 radical (unpaired) electrons. The molecule has 0 bridgehead atoms. The molecule has 25 heavy (non-hydrogen) atoms. The van der Waals surface area contributed by atoms with Gasteiger partial charge in [-0.15, -0.1) is 0 Å². The number of nitrogens with zero attached hydrogens (tertiary/aromatic N) is 4. The van der Waals surface area contributed by atoms with Crippen LogP contribution in [0.25, 0.3) is 0 Å². The second-order valence-corrected chi connectivity index (χ2v) is 6.89. The smallest absolute Gasteiger partial charge is 0.227 e. The van der Waals surface area contributed by atoms with Gasteiger partial charge in [-0.05, 0) is 24.0 Å². The van der Waals surface area contributed by atoms with Crippen molar-refractivity contribution in [2.75, 3.05) is 36.5 Å². The molecule has 132 valence electrons. The SMILES string of the molecule is COCc1cc(N2CCC(N)C2)nc(N2CCc3ccccc3C2)n1. The zero-order valence-electron chi connectivity index (χ0n) is 14.7. The van der Waals surface area contributed by atoms with Gasteiger partial charge in [0.05, 0.1) is 12.3 Å². The Kier molecular flexibility index (Phi) is 4.55. The first kappa shape index (κ1) is 16.3. The Morgan fingerprint density at radius 3 is 2.76 bits per heavy atom. The van der Waals surface area contributed by atoms with Crippen LogP contribution in [0.2, 0.25) is 0 Å². The van der Waals surface area contributed by atoms with E-state index in [2.05, 4.69) is 34.1 Å². The predicted molar refractivity (Wildman–Crippen MR) is 98.7 cm³/mol. The fraction of sp³-hybridized carbons (Fsp3) is 0.474. The van der Waals surface area contributed by atoms with E-state index in [1.807, 2.05) is 6.07 Å². The number of aromatic nitrogens is 2. The fourth-order valence-corrected chi connectivity index (χ4v) is 3.66. The highest BCUT2D eigenvalue weighted by molar-refractivity contribution is 5.48. The molecule has 1 fully saturated rings. The minimum Gasteiger partial charge on any atom is -0.378 e. The van der Waals surface area contributed by atoms with Crippen molar-refractivity contribution in [2.24, 2.45) is 5.73 Å². The molecule has 0 amide bonds. The summed E-state index contributed by atoms with van der Waals surface area (Å²) in [4.78, 5) is 14.1. The number of fused-ring (bicyclic) bond motifs is 1. The van der Waals surface area contributed by atoms with Crippen molar-refractivity contribution in [2.45, 2.75) is 32.0 Å².